The molecule has 0 N–H and O–H groups in total. The van der Waals surface area contributed by atoms with Gasteiger partial charge in [0.15, 0.2) is 0 Å². The SMILES string of the molecule is C[Si]1(C)C(c2ccc(N(c3ccccn3)c3ccccn3)cc2)=C(c2ccccc2)C(c2ccccc2)=C1c1ccc(N(c2ccccn2)c2ccccn2)cc1. The maximum atomic E-state index is 4.71. The first-order valence-corrected chi connectivity index (χ1v) is 22.1. The fraction of sp³-hybridized carbons (Fsp3) is 0.0400. The van der Waals surface area contributed by atoms with E-state index in [2.05, 4.69) is 132 Å². The molecule has 0 spiro atoms. The van der Waals surface area contributed by atoms with Crippen LogP contribution < -0.4 is 9.80 Å². The van der Waals surface area contributed by atoms with E-state index in [1.807, 2.05) is 97.6 Å². The Morgan fingerprint density at radius 3 is 0.895 bits per heavy atom. The first-order chi connectivity index (χ1) is 28.1. The first kappa shape index (κ1) is 35.5. The van der Waals surface area contributed by atoms with Crippen LogP contribution >= 0.6 is 0 Å². The van der Waals surface area contributed by atoms with Gasteiger partial charge < -0.3 is 0 Å². The highest BCUT2D eigenvalue weighted by molar-refractivity contribution is 7.13. The molecule has 9 rings (SSSR count). The van der Waals surface area contributed by atoms with Crippen molar-refractivity contribution in [2.24, 2.45) is 0 Å². The summed E-state index contributed by atoms with van der Waals surface area (Å²) in [7, 11) is -2.43. The summed E-state index contributed by atoms with van der Waals surface area (Å²) in [5.41, 5.74) is 9.42. The van der Waals surface area contributed by atoms with Gasteiger partial charge in [0.25, 0.3) is 0 Å². The van der Waals surface area contributed by atoms with Crippen molar-refractivity contribution in [3.63, 3.8) is 0 Å². The number of pyridine rings is 4. The molecule has 5 heterocycles. The summed E-state index contributed by atoms with van der Waals surface area (Å²) in [6.45, 7) is 5.00. The third-order valence-corrected chi connectivity index (χ3v) is 14.0. The van der Waals surface area contributed by atoms with Gasteiger partial charge in [-0.05, 0) is 117 Å². The van der Waals surface area contributed by atoms with Crippen LogP contribution in [0, 0.1) is 0 Å². The summed E-state index contributed by atoms with van der Waals surface area (Å²) in [4.78, 5) is 23.1. The largest absolute Gasteiger partial charge is 0.279 e. The number of anilines is 6. The molecule has 0 bridgehead atoms. The summed E-state index contributed by atoms with van der Waals surface area (Å²) >= 11 is 0. The van der Waals surface area contributed by atoms with Crippen LogP contribution in [0.25, 0.3) is 21.5 Å². The number of rotatable bonds is 10. The lowest BCUT2D eigenvalue weighted by Gasteiger charge is -2.28. The minimum Gasteiger partial charge on any atom is -0.279 e. The fourth-order valence-corrected chi connectivity index (χ4v) is 11.9. The van der Waals surface area contributed by atoms with Crippen molar-refractivity contribution in [2.75, 3.05) is 9.80 Å². The van der Waals surface area contributed by atoms with Crippen LogP contribution in [0.5, 0.6) is 0 Å². The van der Waals surface area contributed by atoms with Gasteiger partial charge in [-0.1, -0.05) is 122 Å². The van der Waals surface area contributed by atoms with Crippen LogP contribution in [0.2, 0.25) is 13.1 Å². The van der Waals surface area contributed by atoms with Crippen LogP contribution in [0.15, 0.2) is 207 Å². The van der Waals surface area contributed by atoms with E-state index in [4.69, 9.17) is 19.9 Å². The number of allylic oxidation sites excluding steroid dienone is 2. The highest BCUT2D eigenvalue weighted by Gasteiger charge is 2.43. The fourth-order valence-electron chi connectivity index (χ4n) is 8.06. The van der Waals surface area contributed by atoms with Crippen molar-refractivity contribution < 1.29 is 0 Å². The van der Waals surface area contributed by atoms with Crippen LogP contribution in [0.3, 0.4) is 0 Å². The van der Waals surface area contributed by atoms with Crippen LogP contribution in [0.1, 0.15) is 22.3 Å². The highest BCUT2D eigenvalue weighted by Crippen LogP contribution is 2.56. The Hall–Kier alpha value is -7.22. The predicted octanol–water partition coefficient (Wildman–Crippen LogP) is 12.5. The van der Waals surface area contributed by atoms with E-state index in [1.54, 1.807) is 0 Å². The lowest BCUT2D eigenvalue weighted by molar-refractivity contribution is 1.12. The lowest BCUT2D eigenvalue weighted by Crippen LogP contribution is -2.28. The van der Waals surface area contributed by atoms with Gasteiger partial charge in [-0.2, -0.15) is 0 Å². The molecule has 0 atom stereocenters. The molecule has 7 heteroatoms. The van der Waals surface area contributed by atoms with E-state index >= 15 is 0 Å². The molecule has 274 valence electrons. The van der Waals surface area contributed by atoms with E-state index in [0.29, 0.717) is 0 Å². The number of hydrogen-bond donors (Lipinski definition) is 0. The van der Waals surface area contributed by atoms with E-state index < -0.39 is 8.07 Å². The summed E-state index contributed by atoms with van der Waals surface area (Å²) in [5, 5.41) is 2.81. The second-order valence-electron chi connectivity index (χ2n) is 14.4. The maximum absolute atomic E-state index is 4.71. The Kier molecular flexibility index (Phi) is 9.64. The van der Waals surface area contributed by atoms with Gasteiger partial charge in [0.2, 0.25) is 0 Å². The van der Waals surface area contributed by atoms with Gasteiger partial charge in [-0.25, -0.2) is 19.9 Å². The molecule has 4 aromatic heterocycles. The van der Waals surface area contributed by atoms with Gasteiger partial charge in [0.05, 0.1) is 0 Å². The molecule has 0 amide bonds. The Morgan fingerprint density at radius 2 is 0.614 bits per heavy atom. The van der Waals surface area contributed by atoms with Crippen LogP contribution in [-0.4, -0.2) is 28.0 Å². The number of nitrogens with zero attached hydrogens (tertiary/aromatic N) is 6. The molecule has 1 aliphatic rings. The molecule has 1 aliphatic heterocycles. The summed E-state index contributed by atoms with van der Waals surface area (Å²) in [5.74, 6) is 3.25. The lowest BCUT2D eigenvalue weighted by atomic mass is 9.89. The Balaban J connectivity index is 1.20. The maximum Gasteiger partial charge on any atom is 0.138 e. The van der Waals surface area contributed by atoms with Crippen LogP contribution in [-0.2, 0) is 0 Å². The minimum atomic E-state index is -2.43. The number of hydrogen-bond acceptors (Lipinski definition) is 6. The molecule has 6 nitrogen and oxygen atoms in total. The standard InChI is InChI=1S/C50H40N6Si/c1-57(2)49(39-25-29-41(30-26-39)55(43-21-9-13-33-51-43)44-22-10-14-34-52-44)47(37-17-5-3-6-18-37)48(38-19-7-4-8-20-38)50(57)40-27-31-42(32-28-40)56(45-23-11-15-35-53-45)46-24-12-16-36-54-46/h3-36H,1-2H3. The van der Waals surface area contributed by atoms with Gasteiger partial charge in [0.1, 0.15) is 31.3 Å². The van der Waals surface area contributed by atoms with Gasteiger partial charge >= 0.3 is 0 Å². The molecule has 8 aromatic rings. The second-order valence-corrected chi connectivity index (χ2v) is 18.6. The van der Waals surface area contributed by atoms with E-state index in [-0.39, 0.29) is 0 Å². The molecule has 57 heavy (non-hydrogen) atoms. The van der Waals surface area contributed by atoms with Crippen LogP contribution in [0.4, 0.5) is 34.6 Å². The van der Waals surface area contributed by atoms with Crippen molar-refractivity contribution >= 4 is 64.3 Å². The minimum absolute atomic E-state index is 0.812. The van der Waals surface area contributed by atoms with E-state index in [1.165, 1.54) is 43.8 Å². The highest BCUT2D eigenvalue weighted by atomic mass is 28.3. The summed E-state index contributed by atoms with van der Waals surface area (Å²) in [6, 6.07) is 63.6. The molecule has 0 aliphatic carbocycles. The summed E-state index contributed by atoms with van der Waals surface area (Å²) < 4.78 is 0. The second kappa shape index (κ2) is 15.5. The predicted molar refractivity (Wildman–Crippen MR) is 237 cm³/mol. The van der Waals surface area contributed by atoms with Crippen molar-refractivity contribution in [3.8, 4) is 0 Å². The van der Waals surface area contributed by atoms with Gasteiger partial charge in [-0.3, -0.25) is 9.80 Å². The molecule has 0 saturated heterocycles. The monoisotopic (exact) mass is 752 g/mol. The van der Waals surface area contributed by atoms with E-state index in [9.17, 15) is 0 Å². The van der Waals surface area contributed by atoms with Crippen molar-refractivity contribution in [3.05, 3.63) is 229 Å². The zero-order chi connectivity index (χ0) is 38.6. The number of aromatic nitrogens is 4. The third kappa shape index (κ3) is 6.86. The quantitative estimate of drug-likeness (QED) is 0.130. The van der Waals surface area contributed by atoms with Gasteiger partial charge in [-0.15, -0.1) is 0 Å². The normalized spacial score (nSPS) is 13.4. The number of benzene rings is 4. The third-order valence-electron chi connectivity index (χ3n) is 10.5. The molecular formula is C50H40N6Si. The average molecular weight is 753 g/mol. The van der Waals surface area contributed by atoms with Gasteiger partial charge in [0, 0.05) is 36.2 Å². The first-order valence-electron chi connectivity index (χ1n) is 19.1. The average Bonchev–Trinajstić information content (AvgIpc) is 3.53. The summed E-state index contributed by atoms with van der Waals surface area (Å²) in [6.07, 6.45) is 7.29. The zero-order valence-corrected chi connectivity index (χ0v) is 32.8. The van der Waals surface area contributed by atoms with Crippen molar-refractivity contribution in [2.45, 2.75) is 13.1 Å². The Morgan fingerprint density at radius 1 is 0.316 bits per heavy atom. The molecular weight excluding hydrogens is 713 g/mol. The van der Waals surface area contributed by atoms with E-state index in [0.717, 1.165) is 34.6 Å². The topological polar surface area (TPSA) is 58.0 Å². The van der Waals surface area contributed by atoms with Crippen molar-refractivity contribution in [1.82, 2.24) is 19.9 Å². The van der Waals surface area contributed by atoms with Crippen molar-refractivity contribution in [1.29, 1.82) is 0 Å². The Bertz CT molecular complexity index is 2390. The smallest absolute Gasteiger partial charge is 0.138 e. The zero-order valence-electron chi connectivity index (χ0n) is 31.8. The molecule has 4 aromatic carbocycles. The Labute approximate surface area is 334 Å². The molecule has 0 radical (unpaired) electrons. The molecule has 0 saturated carbocycles. The molecule has 0 unspecified atom stereocenters. The molecule has 0 fully saturated rings.